The third kappa shape index (κ3) is 5.07. The van der Waals surface area contributed by atoms with Crippen LogP contribution in [-0.4, -0.2) is 39.6 Å². The van der Waals surface area contributed by atoms with E-state index >= 15 is 0 Å². The molecule has 0 unspecified atom stereocenters. The minimum atomic E-state index is -1.04. The van der Waals surface area contributed by atoms with E-state index < -0.39 is 12.0 Å². The summed E-state index contributed by atoms with van der Waals surface area (Å²) >= 11 is 0. The van der Waals surface area contributed by atoms with Crippen LogP contribution in [0.1, 0.15) is 31.7 Å². The fourth-order valence-corrected chi connectivity index (χ4v) is 2.16. The number of nitrogens with two attached hydrogens (primary N) is 1. The van der Waals surface area contributed by atoms with Crippen molar-refractivity contribution in [2.75, 3.05) is 6.54 Å². The largest absolute Gasteiger partial charge is 0.508 e. The molecule has 1 amide bonds. The highest BCUT2D eigenvalue weighted by molar-refractivity contribution is 5.82. The summed E-state index contributed by atoms with van der Waals surface area (Å²) in [6, 6.07) is 5.68. The first-order valence-electron chi connectivity index (χ1n) is 6.94. The Balaban J connectivity index is 2.89. The number of amides is 1. The monoisotopic (exact) mass is 294 g/mol. The molecule has 1 rings (SSSR count). The Kier molecular flexibility index (Phi) is 6.68. The minimum Gasteiger partial charge on any atom is -0.508 e. The zero-order valence-electron chi connectivity index (χ0n) is 12.2. The summed E-state index contributed by atoms with van der Waals surface area (Å²) in [6.45, 7) is 1.90. The van der Waals surface area contributed by atoms with Crippen LogP contribution in [0, 0.1) is 0 Å². The van der Waals surface area contributed by atoms with Crippen LogP contribution in [0.25, 0.3) is 0 Å². The number of unbranched alkanes of at least 4 members (excludes halogenated alkanes) is 1. The van der Waals surface area contributed by atoms with Crippen molar-refractivity contribution in [3.63, 3.8) is 0 Å². The van der Waals surface area contributed by atoms with Crippen LogP contribution in [0.15, 0.2) is 24.3 Å². The van der Waals surface area contributed by atoms with Gasteiger partial charge in [-0.3, -0.25) is 4.79 Å². The molecular weight excluding hydrogens is 272 g/mol. The van der Waals surface area contributed by atoms with Crippen molar-refractivity contribution in [1.29, 1.82) is 0 Å². The van der Waals surface area contributed by atoms with Crippen molar-refractivity contribution in [2.45, 2.75) is 38.8 Å². The fraction of sp³-hybridized carbons (Fsp3) is 0.467. The lowest BCUT2D eigenvalue weighted by atomic mass is 10.1. The van der Waals surface area contributed by atoms with E-state index in [9.17, 15) is 19.8 Å². The molecule has 0 aliphatic carbocycles. The lowest BCUT2D eigenvalue weighted by Gasteiger charge is -2.28. The molecule has 1 aromatic carbocycles. The van der Waals surface area contributed by atoms with Crippen LogP contribution in [0.3, 0.4) is 0 Å². The second kappa shape index (κ2) is 8.26. The first kappa shape index (κ1) is 17.0. The lowest BCUT2D eigenvalue weighted by Crippen LogP contribution is -2.43. The molecule has 0 saturated carbocycles. The first-order chi connectivity index (χ1) is 9.97. The van der Waals surface area contributed by atoms with Gasteiger partial charge in [-0.05, 0) is 31.9 Å². The van der Waals surface area contributed by atoms with Gasteiger partial charge in [0.05, 0.1) is 6.54 Å². The van der Waals surface area contributed by atoms with Gasteiger partial charge < -0.3 is 20.8 Å². The quantitative estimate of drug-likeness (QED) is 0.627. The SMILES string of the molecule is CC(=O)N(Cc1ccccc1O)[C@@H](CCCCN)C(=O)O. The third-order valence-electron chi connectivity index (χ3n) is 3.33. The smallest absolute Gasteiger partial charge is 0.326 e. The highest BCUT2D eigenvalue weighted by Gasteiger charge is 2.27. The van der Waals surface area contributed by atoms with Crippen LogP contribution in [0.4, 0.5) is 0 Å². The van der Waals surface area contributed by atoms with Crippen molar-refractivity contribution in [3.8, 4) is 5.75 Å². The van der Waals surface area contributed by atoms with E-state index in [4.69, 9.17) is 5.73 Å². The van der Waals surface area contributed by atoms with Gasteiger partial charge in [0.2, 0.25) is 5.91 Å². The van der Waals surface area contributed by atoms with Crippen molar-refractivity contribution in [3.05, 3.63) is 29.8 Å². The Bertz CT molecular complexity index is 490. The van der Waals surface area contributed by atoms with Gasteiger partial charge in [0.15, 0.2) is 0 Å². The maximum atomic E-state index is 11.8. The normalized spacial score (nSPS) is 11.9. The van der Waals surface area contributed by atoms with Crippen LogP contribution in [0.5, 0.6) is 5.75 Å². The molecule has 0 spiro atoms. The molecule has 0 aliphatic rings. The highest BCUT2D eigenvalue weighted by Crippen LogP contribution is 2.20. The topological polar surface area (TPSA) is 104 Å². The minimum absolute atomic E-state index is 0.0508. The number of carbonyl (C=O) groups is 2. The van der Waals surface area contributed by atoms with E-state index in [0.29, 0.717) is 31.4 Å². The number of para-hydroxylation sites is 1. The zero-order chi connectivity index (χ0) is 15.8. The Morgan fingerprint density at radius 3 is 2.48 bits per heavy atom. The van der Waals surface area contributed by atoms with E-state index in [-0.39, 0.29) is 18.2 Å². The number of rotatable bonds is 8. The second-order valence-electron chi connectivity index (χ2n) is 4.91. The number of carboxylic acid groups (broad SMARTS) is 1. The molecule has 4 N–H and O–H groups in total. The number of benzene rings is 1. The summed E-state index contributed by atoms with van der Waals surface area (Å²) in [5, 5.41) is 19.1. The number of carboxylic acids is 1. The molecule has 6 nitrogen and oxygen atoms in total. The lowest BCUT2D eigenvalue weighted by molar-refractivity contribution is -0.150. The maximum absolute atomic E-state index is 11.8. The number of hydrogen-bond acceptors (Lipinski definition) is 4. The number of phenolic OH excluding ortho intramolecular Hbond substituents is 1. The van der Waals surface area contributed by atoms with Gasteiger partial charge >= 0.3 is 5.97 Å². The Morgan fingerprint density at radius 1 is 1.29 bits per heavy atom. The molecule has 0 radical (unpaired) electrons. The molecule has 0 aliphatic heterocycles. The number of phenols is 1. The Morgan fingerprint density at radius 2 is 1.95 bits per heavy atom. The van der Waals surface area contributed by atoms with Crippen molar-refractivity contribution >= 4 is 11.9 Å². The molecule has 21 heavy (non-hydrogen) atoms. The van der Waals surface area contributed by atoms with Gasteiger partial charge in [0, 0.05) is 12.5 Å². The molecular formula is C15H22N2O4. The van der Waals surface area contributed by atoms with E-state index in [1.54, 1.807) is 18.2 Å². The summed E-state index contributed by atoms with van der Waals surface area (Å²) < 4.78 is 0. The molecule has 0 bridgehead atoms. The standard InChI is InChI=1S/C15H22N2O4/c1-11(18)17(10-12-6-2-3-8-14(12)19)13(15(20)21)7-4-5-9-16/h2-3,6,8,13,19H,4-5,7,9-10,16H2,1H3,(H,20,21)/t13-/m0/s1. The predicted molar refractivity (Wildman–Crippen MR) is 78.7 cm³/mol. The molecule has 116 valence electrons. The summed E-state index contributed by atoms with van der Waals surface area (Å²) in [7, 11) is 0. The summed E-state index contributed by atoms with van der Waals surface area (Å²) in [5.74, 6) is -1.33. The van der Waals surface area contributed by atoms with Crippen LogP contribution >= 0.6 is 0 Å². The van der Waals surface area contributed by atoms with Gasteiger partial charge in [-0.15, -0.1) is 0 Å². The number of nitrogens with zero attached hydrogens (tertiary/aromatic N) is 1. The average molecular weight is 294 g/mol. The maximum Gasteiger partial charge on any atom is 0.326 e. The van der Waals surface area contributed by atoms with Crippen LogP contribution in [-0.2, 0) is 16.1 Å². The molecule has 0 fully saturated rings. The second-order valence-corrected chi connectivity index (χ2v) is 4.91. The summed E-state index contributed by atoms with van der Waals surface area (Å²) in [6.07, 6.45) is 1.70. The number of carbonyl (C=O) groups excluding carboxylic acids is 1. The van der Waals surface area contributed by atoms with Crippen LogP contribution < -0.4 is 5.73 Å². The highest BCUT2D eigenvalue weighted by atomic mass is 16.4. The molecule has 0 saturated heterocycles. The van der Waals surface area contributed by atoms with Gasteiger partial charge in [-0.25, -0.2) is 4.79 Å². The van der Waals surface area contributed by atoms with Gasteiger partial charge in [0.25, 0.3) is 0 Å². The van der Waals surface area contributed by atoms with Gasteiger partial charge in [-0.2, -0.15) is 0 Å². The molecule has 1 aromatic rings. The van der Waals surface area contributed by atoms with E-state index in [0.717, 1.165) is 0 Å². The summed E-state index contributed by atoms with van der Waals surface area (Å²) in [4.78, 5) is 24.5. The van der Waals surface area contributed by atoms with E-state index in [1.165, 1.54) is 17.9 Å². The van der Waals surface area contributed by atoms with Gasteiger partial charge in [0.1, 0.15) is 11.8 Å². The third-order valence-corrected chi connectivity index (χ3v) is 3.33. The zero-order valence-corrected chi connectivity index (χ0v) is 12.2. The number of hydrogen-bond donors (Lipinski definition) is 3. The number of aromatic hydroxyl groups is 1. The van der Waals surface area contributed by atoms with Crippen molar-refractivity contribution in [1.82, 2.24) is 4.90 Å². The molecule has 0 aromatic heterocycles. The molecule has 0 heterocycles. The van der Waals surface area contributed by atoms with E-state index in [2.05, 4.69) is 0 Å². The van der Waals surface area contributed by atoms with Crippen molar-refractivity contribution < 1.29 is 19.8 Å². The first-order valence-corrected chi connectivity index (χ1v) is 6.94. The van der Waals surface area contributed by atoms with E-state index in [1.807, 2.05) is 0 Å². The molecule has 6 heteroatoms. The molecule has 1 atom stereocenters. The fourth-order valence-electron chi connectivity index (χ4n) is 2.16. The predicted octanol–water partition coefficient (Wildman–Crippen LogP) is 1.32. The van der Waals surface area contributed by atoms with Crippen molar-refractivity contribution in [2.24, 2.45) is 5.73 Å². The summed E-state index contributed by atoms with van der Waals surface area (Å²) in [5.41, 5.74) is 5.93. The Hall–Kier alpha value is -2.08. The average Bonchev–Trinajstić information content (AvgIpc) is 2.43. The van der Waals surface area contributed by atoms with Crippen LogP contribution in [0.2, 0.25) is 0 Å². The van der Waals surface area contributed by atoms with Gasteiger partial charge in [-0.1, -0.05) is 18.2 Å². The number of aliphatic carboxylic acids is 1. The Labute approximate surface area is 124 Å².